The van der Waals surface area contributed by atoms with Crippen molar-refractivity contribution in [1.82, 2.24) is 10.1 Å². The molecule has 7 nitrogen and oxygen atoms in total. The largest absolute Gasteiger partial charge is 0.486 e. The lowest BCUT2D eigenvalue weighted by atomic mass is 10.3. The average molecular weight is 293 g/mol. The second kappa shape index (κ2) is 5.79. The highest BCUT2D eigenvalue weighted by Crippen LogP contribution is 2.42. The molecule has 2 rings (SSSR count). The molecule has 0 aliphatic rings. The number of anilines is 2. The SMILES string of the molecule is Cc1noc(CNc2sc(C#N)c(N)c2OC(C)C)n1. The van der Waals surface area contributed by atoms with Crippen molar-refractivity contribution in [3.63, 3.8) is 0 Å². The highest BCUT2D eigenvalue weighted by atomic mass is 32.1. The minimum atomic E-state index is -0.0374. The van der Waals surface area contributed by atoms with Gasteiger partial charge in [-0.2, -0.15) is 10.2 Å². The minimum absolute atomic E-state index is 0.0374. The Morgan fingerprint density at radius 3 is 2.85 bits per heavy atom. The summed E-state index contributed by atoms with van der Waals surface area (Å²) < 4.78 is 10.7. The molecule has 0 amide bonds. The number of thiophene rings is 1. The zero-order valence-electron chi connectivity index (χ0n) is 11.4. The summed E-state index contributed by atoms with van der Waals surface area (Å²) in [4.78, 5) is 4.51. The number of aryl methyl sites for hydroxylation is 1. The Morgan fingerprint density at radius 2 is 2.30 bits per heavy atom. The number of ether oxygens (including phenoxy) is 1. The zero-order chi connectivity index (χ0) is 14.7. The first-order valence-electron chi connectivity index (χ1n) is 6.03. The van der Waals surface area contributed by atoms with Gasteiger partial charge < -0.3 is 20.3 Å². The van der Waals surface area contributed by atoms with Crippen molar-refractivity contribution < 1.29 is 9.26 Å². The zero-order valence-corrected chi connectivity index (χ0v) is 12.2. The van der Waals surface area contributed by atoms with Gasteiger partial charge in [-0.15, -0.1) is 11.3 Å². The van der Waals surface area contributed by atoms with E-state index in [0.717, 1.165) is 0 Å². The second-order valence-corrected chi connectivity index (χ2v) is 5.39. The third-order valence-electron chi connectivity index (χ3n) is 2.32. The molecule has 0 aromatic carbocycles. The maximum atomic E-state index is 9.04. The van der Waals surface area contributed by atoms with Gasteiger partial charge in [0.15, 0.2) is 11.6 Å². The van der Waals surface area contributed by atoms with E-state index < -0.39 is 0 Å². The van der Waals surface area contributed by atoms with Crippen LogP contribution in [0.1, 0.15) is 30.4 Å². The van der Waals surface area contributed by atoms with Crippen LogP contribution in [0.2, 0.25) is 0 Å². The molecule has 0 radical (unpaired) electrons. The number of nitrogen functional groups attached to an aromatic ring is 1. The molecular formula is C12H15N5O2S. The van der Waals surface area contributed by atoms with Crippen LogP contribution >= 0.6 is 11.3 Å². The van der Waals surface area contributed by atoms with Gasteiger partial charge >= 0.3 is 0 Å². The van der Waals surface area contributed by atoms with E-state index in [0.29, 0.717) is 39.6 Å². The Labute approximate surface area is 120 Å². The molecule has 0 saturated carbocycles. The van der Waals surface area contributed by atoms with Crippen LogP contribution in [0, 0.1) is 18.3 Å². The van der Waals surface area contributed by atoms with E-state index in [-0.39, 0.29) is 6.10 Å². The summed E-state index contributed by atoms with van der Waals surface area (Å²) in [6.07, 6.45) is -0.0374. The van der Waals surface area contributed by atoms with Crippen LogP contribution in [0.4, 0.5) is 10.7 Å². The van der Waals surface area contributed by atoms with Crippen molar-refractivity contribution in [1.29, 1.82) is 5.26 Å². The average Bonchev–Trinajstić information content (AvgIpc) is 2.93. The molecule has 0 aliphatic heterocycles. The fourth-order valence-corrected chi connectivity index (χ4v) is 2.40. The summed E-state index contributed by atoms with van der Waals surface area (Å²) in [5.41, 5.74) is 6.26. The van der Waals surface area contributed by atoms with Crippen molar-refractivity contribution in [3.05, 3.63) is 16.6 Å². The number of hydrogen-bond acceptors (Lipinski definition) is 8. The van der Waals surface area contributed by atoms with Gasteiger partial charge in [-0.3, -0.25) is 0 Å². The van der Waals surface area contributed by atoms with Crippen LogP contribution in [-0.2, 0) is 6.54 Å². The Balaban J connectivity index is 2.19. The molecule has 0 atom stereocenters. The predicted octanol–water partition coefficient (Wildman–Crippen LogP) is 2.29. The van der Waals surface area contributed by atoms with Gasteiger partial charge in [-0.05, 0) is 20.8 Å². The maximum Gasteiger partial charge on any atom is 0.245 e. The van der Waals surface area contributed by atoms with Crippen molar-refractivity contribution >= 4 is 22.0 Å². The third kappa shape index (κ3) is 3.00. The molecule has 0 aliphatic carbocycles. The monoisotopic (exact) mass is 293 g/mol. The van der Waals surface area contributed by atoms with E-state index in [1.165, 1.54) is 11.3 Å². The lowest BCUT2D eigenvalue weighted by Gasteiger charge is -2.11. The smallest absolute Gasteiger partial charge is 0.245 e. The number of nitrogens with one attached hydrogen (secondary N) is 1. The van der Waals surface area contributed by atoms with E-state index in [1.807, 2.05) is 13.8 Å². The fourth-order valence-electron chi connectivity index (χ4n) is 1.55. The number of nitriles is 1. The van der Waals surface area contributed by atoms with Crippen LogP contribution in [-0.4, -0.2) is 16.2 Å². The molecule has 0 unspecified atom stereocenters. The molecule has 0 bridgehead atoms. The molecular weight excluding hydrogens is 278 g/mol. The normalized spacial score (nSPS) is 10.6. The summed E-state index contributed by atoms with van der Waals surface area (Å²) in [7, 11) is 0. The summed E-state index contributed by atoms with van der Waals surface area (Å²) >= 11 is 1.24. The first-order chi connectivity index (χ1) is 9.51. The van der Waals surface area contributed by atoms with E-state index in [2.05, 4.69) is 21.5 Å². The maximum absolute atomic E-state index is 9.04. The molecule has 3 N–H and O–H groups in total. The van der Waals surface area contributed by atoms with Gasteiger partial charge in [0.05, 0.1) is 12.6 Å². The van der Waals surface area contributed by atoms with E-state index >= 15 is 0 Å². The standard InChI is InChI=1S/C12H15N5O2S/c1-6(2)18-11-10(14)8(4-13)20-12(11)15-5-9-16-7(3)17-19-9/h6,15H,5,14H2,1-3H3. The molecule has 2 aromatic heterocycles. The third-order valence-corrected chi connectivity index (χ3v) is 3.37. The lowest BCUT2D eigenvalue weighted by Crippen LogP contribution is -2.08. The minimum Gasteiger partial charge on any atom is -0.486 e. The molecule has 0 spiro atoms. The van der Waals surface area contributed by atoms with Gasteiger partial charge in [0, 0.05) is 0 Å². The van der Waals surface area contributed by atoms with E-state index in [9.17, 15) is 0 Å². The molecule has 2 aromatic rings. The summed E-state index contributed by atoms with van der Waals surface area (Å²) in [6, 6.07) is 2.05. The van der Waals surface area contributed by atoms with Gasteiger partial charge in [-0.1, -0.05) is 5.16 Å². The van der Waals surface area contributed by atoms with Crippen LogP contribution in [0.25, 0.3) is 0 Å². The van der Waals surface area contributed by atoms with Gasteiger partial charge in [0.1, 0.15) is 21.6 Å². The molecule has 20 heavy (non-hydrogen) atoms. The van der Waals surface area contributed by atoms with Crippen molar-refractivity contribution in [2.24, 2.45) is 0 Å². The van der Waals surface area contributed by atoms with Crippen molar-refractivity contribution in [2.75, 3.05) is 11.1 Å². The Bertz CT molecular complexity index is 641. The molecule has 106 valence electrons. The first-order valence-corrected chi connectivity index (χ1v) is 6.85. The number of nitrogens with zero attached hydrogens (tertiary/aromatic N) is 3. The first kappa shape index (κ1) is 14.1. The van der Waals surface area contributed by atoms with Crippen molar-refractivity contribution in [2.45, 2.75) is 33.4 Å². The van der Waals surface area contributed by atoms with E-state index in [4.69, 9.17) is 20.3 Å². The Morgan fingerprint density at radius 1 is 1.55 bits per heavy atom. The van der Waals surface area contributed by atoms with E-state index in [1.54, 1.807) is 6.92 Å². The quantitative estimate of drug-likeness (QED) is 0.870. The van der Waals surface area contributed by atoms with Crippen LogP contribution in [0.15, 0.2) is 4.52 Å². The highest BCUT2D eigenvalue weighted by Gasteiger charge is 2.19. The summed E-state index contributed by atoms with van der Waals surface area (Å²) in [5.74, 6) is 1.53. The number of aromatic nitrogens is 2. The van der Waals surface area contributed by atoms with Crippen LogP contribution in [0.3, 0.4) is 0 Å². The fraction of sp³-hybridized carbons (Fsp3) is 0.417. The van der Waals surface area contributed by atoms with Gasteiger partial charge in [0.2, 0.25) is 5.89 Å². The Kier molecular flexibility index (Phi) is 4.10. The topological polar surface area (TPSA) is 110 Å². The van der Waals surface area contributed by atoms with Crippen LogP contribution < -0.4 is 15.8 Å². The molecule has 8 heteroatoms. The summed E-state index contributed by atoms with van der Waals surface area (Å²) in [5, 5.41) is 16.5. The lowest BCUT2D eigenvalue weighted by molar-refractivity contribution is 0.246. The molecule has 0 fully saturated rings. The van der Waals surface area contributed by atoms with Crippen molar-refractivity contribution in [3.8, 4) is 11.8 Å². The van der Waals surface area contributed by atoms with Gasteiger partial charge in [0.25, 0.3) is 0 Å². The highest BCUT2D eigenvalue weighted by molar-refractivity contribution is 7.17. The molecule has 2 heterocycles. The molecule has 0 saturated heterocycles. The number of nitrogens with two attached hydrogens (primary N) is 1. The second-order valence-electron chi connectivity index (χ2n) is 4.37. The Hall–Kier alpha value is -2.27. The predicted molar refractivity (Wildman–Crippen MR) is 75.6 cm³/mol. The van der Waals surface area contributed by atoms with Crippen LogP contribution in [0.5, 0.6) is 5.75 Å². The number of rotatable bonds is 5. The summed E-state index contributed by atoms with van der Waals surface area (Å²) in [6.45, 7) is 5.89. The number of hydrogen-bond donors (Lipinski definition) is 2. The van der Waals surface area contributed by atoms with Gasteiger partial charge in [-0.25, -0.2) is 0 Å².